The van der Waals surface area contributed by atoms with Gasteiger partial charge in [0.15, 0.2) is 0 Å². The first-order chi connectivity index (χ1) is 9.90. The highest BCUT2D eigenvalue weighted by Crippen LogP contribution is 2.10. The molecule has 1 atom stereocenters. The lowest BCUT2D eigenvalue weighted by molar-refractivity contribution is -0.133. The number of amides is 2. The zero-order valence-electron chi connectivity index (χ0n) is 12.9. The summed E-state index contributed by atoms with van der Waals surface area (Å²) in [4.78, 5) is 29.2. The van der Waals surface area contributed by atoms with E-state index in [1.54, 1.807) is 11.1 Å². The predicted molar refractivity (Wildman–Crippen MR) is 77.8 cm³/mol. The van der Waals surface area contributed by atoms with Gasteiger partial charge >= 0.3 is 6.09 Å². The van der Waals surface area contributed by atoms with E-state index >= 15 is 0 Å². The molecular formula is C13H23N5O3. The summed E-state index contributed by atoms with van der Waals surface area (Å²) in [5.74, 6) is 6.25. The van der Waals surface area contributed by atoms with E-state index in [0.717, 1.165) is 12.1 Å². The van der Waals surface area contributed by atoms with Crippen LogP contribution >= 0.6 is 0 Å². The number of aryl methyl sites for hydroxylation is 1. The summed E-state index contributed by atoms with van der Waals surface area (Å²) in [6.45, 7) is 5.93. The molecule has 0 fully saturated rings. The average molecular weight is 297 g/mol. The topological polar surface area (TPSA) is 102 Å². The third-order valence-corrected chi connectivity index (χ3v) is 3.38. The first-order valence-corrected chi connectivity index (χ1v) is 6.80. The molecule has 1 aromatic heterocycles. The van der Waals surface area contributed by atoms with E-state index < -0.39 is 6.09 Å². The summed E-state index contributed by atoms with van der Waals surface area (Å²) >= 11 is 0. The number of aromatic nitrogens is 2. The minimum atomic E-state index is -0.636. The molecule has 3 N–H and O–H groups in total. The summed E-state index contributed by atoms with van der Waals surface area (Å²) < 4.78 is 5.91. The maximum absolute atomic E-state index is 12.3. The van der Waals surface area contributed by atoms with Crippen LogP contribution in [0.3, 0.4) is 0 Å². The third-order valence-electron chi connectivity index (χ3n) is 3.38. The van der Waals surface area contributed by atoms with Crippen LogP contribution in [0.4, 0.5) is 4.79 Å². The van der Waals surface area contributed by atoms with Gasteiger partial charge in [-0.25, -0.2) is 14.5 Å². The van der Waals surface area contributed by atoms with Crippen LogP contribution in [0, 0.1) is 6.92 Å². The van der Waals surface area contributed by atoms with Crippen molar-refractivity contribution in [2.75, 3.05) is 19.5 Å². The molecule has 1 aromatic rings. The van der Waals surface area contributed by atoms with Crippen LogP contribution in [-0.4, -0.2) is 46.3 Å². The lowest BCUT2D eigenvalue weighted by Crippen LogP contribution is -2.44. The number of ether oxygens (including phenoxy) is 1. The fourth-order valence-corrected chi connectivity index (χ4v) is 1.80. The number of imidazole rings is 1. The molecule has 0 unspecified atom stereocenters. The van der Waals surface area contributed by atoms with Crippen molar-refractivity contribution >= 4 is 12.0 Å². The maximum Gasteiger partial charge on any atom is 0.407 e. The van der Waals surface area contributed by atoms with Crippen LogP contribution < -0.4 is 11.2 Å². The highest BCUT2D eigenvalue weighted by atomic mass is 16.5. The second-order valence-corrected chi connectivity index (χ2v) is 4.81. The number of nitrogens with one attached hydrogen (secondary N) is 1. The number of rotatable bonds is 6. The summed E-state index contributed by atoms with van der Waals surface area (Å²) in [6, 6.07) is 0.00829. The van der Waals surface area contributed by atoms with Gasteiger partial charge in [-0.15, -0.1) is 0 Å². The number of methoxy groups -OCH3 is 1. The van der Waals surface area contributed by atoms with Gasteiger partial charge < -0.3 is 20.8 Å². The molecule has 0 aliphatic heterocycles. The van der Waals surface area contributed by atoms with Gasteiger partial charge in [-0.05, 0) is 20.3 Å². The molecule has 1 rings (SSSR count). The van der Waals surface area contributed by atoms with Gasteiger partial charge in [-0.1, -0.05) is 6.92 Å². The second-order valence-electron chi connectivity index (χ2n) is 4.81. The van der Waals surface area contributed by atoms with Gasteiger partial charge in [0.1, 0.15) is 12.4 Å². The van der Waals surface area contributed by atoms with E-state index in [0.29, 0.717) is 12.4 Å². The Kier molecular flexibility index (Phi) is 6.01. The molecular weight excluding hydrogens is 274 g/mol. The number of nitrogens with two attached hydrogens (primary N) is 1. The van der Waals surface area contributed by atoms with Crippen molar-refractivity contribution in [1.29, 1.82) is 0 Å². The van der Waals surface area contributed by atoms with Crippen molar-refractivity contribution in [3.05, 3.63) is 17.7 Å². The van der Waals surface area contributed by atoms with Crippen LogP contribution in [0.2, 0.25) is 0 Å². The fourth-order valence-electron chi connectivity index (χ4n) is 1.80. The molecule has 0 aliphatic rings. The van der Waals surface area contributed by atoms with E-state index in [4.69, 9.17) is 5.84 Å². The molecule has 1 heterocycles. The SMILES string of the molecule is CC[C@H](C)N(Cc1ncc(C)n1N)C(=O)CNC(=O)OC. The van der Waals surface area contributed by atoms with Crippen LogP contribution in [0.25, 0.3) is 0 Å². The van der Waals surface area contributed by atoms with Crippen molar-refractivity contribution in [3.63, 3.8) is 0 Å². The Labute approximate surface area is 124 Å². The standard InChI is InChI=1S/C13H23N5O3/c1-5-9(2)17(12(19)7-16-13(20)21-4)8-11-15-6-10(3)18(11)14/h6,9H,5,7-8,14H2,1-4H3,(H,16,20)/t9-/m0/s1. The highest BCUT2D eigenvalue weighted by molar-refractivity contribution is 5.82. The minimum absolute atomic E-state index is 0.00829. The summed E-state index contributed by atoms with van der Waals surface area (Å²) in [6.07, 6.45) is 1.80. The molecule has 0 aliphatic carbocycles. The summed E-state index contributed by atoms with van der Waals surface area (Å²) in [5, 5.41) is 2.39. The third kappa shape index (κ3) is 4.37. The van der Waals surface area contributed by atoms with Gasteiger partial charge in [0.25, 0.3) is 0 Å². The van der Waals surface area contributed by atoms with E-state index in [9.17, 15) is 9.59 Å². The number of nitrogen functional groups attached to an aromatic ring is 1. The number of hydrogen-bond donors (Lipinski definition) is 2. The van der Waals surface area contributed by atoms with Crippen LogP contribution in [-0.2, 0) is 16.1 Å². The summed E-state index contributed by atoms with van der Waals surface area (Å²) in [7, 11) is 1.25. The van der Waals surface area contributed by atoms with Gasteiger partial charge in [0.2, 0.25) is 5.91 Å². The first-order valence-electron chi connectivity index (χ1n) is 6.80. The van der Waals surface area contributed by atoms with Crippen molar-refractivity contribution in [2.45, 2.75) is 39.8 Å². The van der Waals surface area contributed by atoms with Gasteiger partial charge in [0.05, 0.1) is 25.5 Å². The van der Waals surface area contributed by atoms with Crippen molar-refractivity contribution in [3.8, 4) is 0 Å². The zero-order valence-corrected chi connectivity index (χ0v) is 12.9. The van der Waals surface area contributed by atoms with Crippen molar-refractivity contribution < 1.29 is 14.3 Å². The largest absolute Gasteiger partial charge is 0.453 e. The van der Waals surface area contributed by atoms with Crippen LogP contribution in [0.1, 0.15) is 31.8 Å². The molecule has 118 valence electrons. The smallest absolute Gasteiger partial charge is 0.407 e. The van der Waals surface area contributed by atoms with Crippen LogP contribution in [0.5, 0.6) is 0 Å². The Balaban J connectivity index is 2.78. The molecule has 0 bridgehead atoms. The molecule has 0 spiro atoms. The van der Waals surface area contributed by atoms with Crippen molar-refractivity contribution in [2.24, 2.45) is 0 Å². The molecule has 0 saturated carbocycles. The molecule has 21 heavy (non-hydrogen) atoms. The highest BCUT2D eigenvalue weighted by Gasteiger charge is 2.21. The van der Waals surface area contributed by atoms with Crippen molar-refractivity contribution in [1.82, 2.24) is 19.9 Å². The number of alkyl carbamates (subject to hydrolysis) is 1. The van der Waals surface area contributed by atoms with Gasteiger partial charge in [-0.3, -0.25) is 4.79 Å². The number of hydrogen-bond acceptors (Lipinski definition) is 5. The molecule has 2 amide bonds. The van der Waals surface area contributed by atoms with E-state index in [1.807, 2.05) is 20.8 Å². The lowest BCUT2D eigenvalue weighted by atomic mass is 10.2. The van der Waals surface area contributed by atoms with Gasteiger partial charge in [-0.2, -0.15) is 0 Å². The fraction of sp³-hybridized carbons (Fsp3) is 0.615. The maximum atomic E-state index is 12.3. The molecule has 8 heteroatoms. The quantitative estimate of drug-likeness (QED) is 0.739. The zero-order chi connectivity index (χ0) is 16.0. The molecule has 0 aromatic carbocycles. The lowest BCUT2D eigenvalue weighted by Gasteiger charge is -2.28. The monoisotopic (exact) mass is 297 g/mol. The molecule has 8 nitrogen and oxygen atoms in total. The Bertz CT molecular complexity index is 500. The van der Waals surface area contributed by atoms with E-state index in [2.05, 4.69) is 15.0 Å². The predicted octanol–water partition coefficient (Wildman–Crippen LogP) is 0.388. The van der Waals surface area contributed by atoms with Gasteiger partial charge in [0, 0.05) is 6.04 Å². The minimum Gasteiger partial charge on any atom is -0.453 e. The number of nitrogens with zero attached hydrogens (tertiary/aromatic N) is 3. The number of carbonyl (C=O) groups excluding carboxylic acids is 2. The average Bonchev–Trinajstić information content (AvgIpc) is 2.80. The Morgan fingerprint density at radius 1 is 1.57 bits per heavy atom. The number of carbonyl (C=O) groups is 2. The normalized spacial score (nSPS) is 11.8. The Morgan fingerprint density at radius 2 is 2.24 bits per heavy atom. The molecule has 0 radical (unpaired) electrons. The Hall–Kier alpha value is -2.25. The molecule has 0 saturated heterocycles. The Morgan fingerprint density at radius 3 is 2.71 bits per heavy atom. The van der Waals surface area contributed by atoms with E-state index in [1.165, 1.54) is 11.8 Å². The van der Waals surface area contributed by atoms with Crippen LogP contribution in [0.15, 0.2) is 6.20 Å². The van der Waals surface area contributed by atoms with E-state index in [-0.39, 0.29) is 18.5 Å². The first kappa shape index (κ1) is 16.8. The summed E-state index contributed by atoms with van der Waals surface area (Å²) in [5.41, 5.74) is 0.814. The second kappa shape index (κ2) is 7.51.